The van der Waals surface area contributed by atoms with Gasteiger partial charge in [-0.2, -0.15) is 0 Å². The maximum absolute atomic E-state index is 11.7. The maximum atomic E-state index is 11.7. The third-order valence-electron chi connectivity index (χ3n) is 3.24. The molecule has 1 amide bonds. The third kappa shape index (κ3) is 4.53. The van der Waals surface area contributed by atoms with Crippen LogP contribution >= 0.6 is 0 Å². The Morgan fingerprint density at radius 1 is 1.25 bits per heavy atom. The average Bonchev–Trinajstić information content (AvgIpc) is 2.44. The van der Waals surface area contributed by atoms with Crippen LogP contribution in [-0.4, -0.2) is 37.6 Å². The van der Waals surface area contributed by atoms with E-state index >= 15 is 0 Å². The lowest BCUT2D eigenvalue weighted by atomic mass is 10.0. The second kappa shape index (κ2) is 7.90. The number of rotatable bonds is 7. The molecule has 0 saturated heterocycles. The van der Waals surface area contributed by atoms with Gasteiger partial charge in [0, 0.05) is 20.1 Å². The molecule has 0 fully saturated rings. The van der Waals surface area contributed by atoms with E-state index in [1.807, 2.05) is 12.1 Å². The lowest BCUT2D eigenvalue weighted by molar-refractivity contribution is -0.135. The maximum Gasteiger partial charge on any atom is 0.262 e. The summed E-state index contributed by atoms with van der Waals surface area (Å²) in [6.45, 7) is 6.99. The van der Waals surface area contributed by atoms with Crippen LogP contribution in [0.2, 0.25) is 0 Å². The van der Waals surface area contributed by atoms with Crippen molar-refractivity contribution >= 4 is 5.91 Å². The lowest BCUT2D eigenvalue weighted by Crippen LogP contribution is -2.35. The van der Waals surface area contributed by atoms with E-state index in [-0.39, 0.29) is 5.91 Å². The van der Waals surface area contributed by atoms with Gasteiger partial charge in [0.2, 0.25) is 0 Å². The van der Waals surface area contributed by atoms with E-state index in [2.05, 4.69) is 31.3 Å². The molecule has 112 valence electrons. The van der Waals surface area contributed by atoms with E-state index in [1.165, 1.54) is 10.5 Å². The fourth-order valence-corrected chi connectivity index (χ4v) is 2.14. The second-order valence-electron chi connectivity index (χ2n) is 5.08. The van der Waals surface area contributed by atoms with Crippen molar-refractivity contribution in [3.05, 3.63) is 29.8 Å². The van der Waals surface area contributed by atoms with Gasteiger partial charge in [0.05, 0.1) is 0 Å². The molecule has 20 heavy (non-hydrogen) atoms. The third-order valence-corrected chi connectivity index (χ3v) is 3.24. The van der Waals surface area contributed by atoms with Crippen LogP contribution in [-0.2, 0) is 4.79 Å². The fourth-order valence-electron chi connectivity index (χ4n) is 2.14. The van der Waals surface area contributed by atoms with E-state index in [9.17, 15) is 4.79 Å². The second-order valence-corrected chi connectivity index (χ2v) is 5.08. The molecule has 1 aromatic rings. The molecule has 0 saturated carbocycles. The molecule has 0 aliphatic heterocycles. The summed E-state index contributed by atoms with van der Waals surface area (Å²) in [5.74, 6) is 0.691. The number of hydrogen-bond donors (Lipinski definition) is 1. The minimum absolute atomic E-state index is 0.0341. The van der Waals surface area contributed by atoms with Crippen LogP contribution < -0.4 is 10.1 Å². The van der Waals surface area contributed by atoms with Gasteiger partial charge in [0.25, 0.3) is 5.91 Å². The van der Waals surface area contributed by atoms with E-state index in [1.54, 1.807) is 21.0 Å². The summed E-state index contributed by atoms with van der Waals surface area (Å²) in [4.78, 5) is 13.3. The minimum Gasteiger partial charge on any atom is -0.481 e. The van der Waals surface area contributed by atoms with Crippen molar-refractivity contribution in [1.29, 1.82) is 0 Å². The van der Waals surface area contributed by atoms with Crippen LogP contribution in [0.15, 0.2) is 24.3 Å². The highest BCUT2D eigenvalue weighted by molar-refractivity contribution is 5.80. The Balaban J connectivity index is 2.69. The quantitative estimate of drug-likeness (QED) is 0.833. The summed E-state index contributed by atoms with van der Waals surface area (Å²) in [5.41, 5.74) is 1.24. The number of carbonyl (C=O) groups excluding carboxylic acids is 1. The summed E-state index contributed by atoms with van der Waals surface area (Å²) in [5, 5.41) is 3.44. The zero-order valence-corrected chi connectivity index (χ0v) is 13.1. The van der Waals surface area contributed by atoms with E-state index in [4.69, 9.17) is 4.74 Å². The largest absolute Gasteiger partial charge is 0.481 e. The van der Waals surface area contributed by atoms with Crippen molar-refractivity contribution in [3.63, 3.8) is 0 Å². The summed E-state index contributed by atoms with van der Waals surface area (Å²) in [6, 6.07) is 8.33. The van der Waals surface area contributed by atoms with Crippen LogP contribution in [0.4, 0.5) is 0 Å². The first-order valence-corrected chi connectivity index (χ1v) is 7.20. The molecule has 0 aromatic heterocycles. The van der Waals surface area contributed by atoms with Crippen LogP contribution in [0.1, 0.15) is 38.8 Å². The van der Waals surface area contributed by atoms with Gasteiger partial charge in [-0.05, 0) is 37.6 Å². The molecule has 1 rings (SSSR count). The summed E-state index contributed by atoms with van der Waals surface area (Å²) in [6.07, 6.45) is 0.579. The van der Waals surface area contributed by atoms with Crippen LogP contribution in [0.5, 0.6) is 5.75 Å². The van der Waals surface area contributed by atoms with Gasteiger partial charge in [-0.15, -0.1) is 0 Å². The van der Waals surface area contributed by atoms with Crippen molar-refractivity contribution in [1.82, 2.24) is 10.2 Å². The highest BCUT2D eigenvalue weighted by Crippen LogP contribution is 2.21. The topological polar surface area (TPSA) is 41.6 Å². The number of carbonyl (C=O) groups is 1. The first-order valence-electron chi connectivity index (χ1n) is 7.20. The smallest absolute Gasteiger partial charge is 0.262 e. The van der Waals surface area contributed by atoms with Crippen molar-refractivity contribution in [2.45, 2.75) is 39.3 Å². The fraction of sp³-hybridized carbons (Fsp3) is 0.562. The molecule has 0 heterocycles. The molecule has 4 heteroatoms. The number of nitrogens with one attached hydrogen (secondary N) is 1. The van der Waals surface area contributed by atoms with Gasteiger partial charge < -0.3 is 15.0 Å². The van der Waals surface area contributed by atoms with E-state index in [0.717, 1.165) is 18.7 Å². The Kier molecular flexibility index (Phi) is 6.52. The number of ether oxygens (including phenoxy) is 1. The molecular formula is C16H26N2O2. The molecule has 0 bridgehead atoms. The number of benzene rings is 1. The molecule has 2 atom stereocenters. The van der Waals surface area contributed by atoms with Gasteiger partial charge in [0.15, 0.2) is 6.10 Å². The number of amides is 1. The molecule has 1 aromatic carbocycles. The standard InChI is InChI=1S/C16H26N2O2/c1-6-15(17-7-2)13-8-10-14(11-9-13)20-12(3)16(19)18(4)5/h8-12,15,17H,6-7H2,1-5H3. The van der Waals surface area contributed by atoms with Gasteiger partial charge in [-0.1, -0.05) is 26.0 Å². The molecule has 0 spiro atoms. The Bertz CT molecular complexity index is 415. The van der Waals surface area contributed by atoms with Crippen LogP contribution in [0, 0.1) is 0 Å². The van der Waals surface area contributed by atoms with Crippen molar-refractivity contribution < 1.29 is 9.53 Å². The highest BCUT2D eigenvalue weighted by Gasteiger charge is 2.16. The Labute approximate surface area is 122 Å². The SMILES string of the molecule is CCNC(CC)c1ccc(OC(C)C(=O)N(C)C)cc1. The van der Waals surface area contributed by atoms with E-state index in [0.29, 0.717) is 6.04 Å². The van der Waals surface area contributed by atoms with Gasteiger partial charge in [0.1, 0.15) is 5.75 Å². The first kappa shape index (κ1) is 16.5. The van der Waals surface area contributed by atoms with Gasteiger partial charge in [-0.3, -0.25) is 4.79 Å². The molecule has 0 aliphatic rings. The molecule has 1 N–H and O–H groups in total. The number of nitrogens with zero attached hydrogens (tertiary/aromatic N) is 1. The average molecular weight is 278 g/mol. The molecule has 2 unspecified atom stereocenters. The van der Waals surface area contributed by atoms with Crippen molar-refractivity contribution in [2.75, 3.05) is 20.6 Å². The Morgan fingerprint density at radius 2 is 1.85 bits per heavy atom. The highest BCUT2D eigenvalue weighted by atomic mass is 16.5. The molecular weight excluding hydrogens is 252 g/mol. The summed E-state index contributed by atoms with van der Waals surface area (Å²) < 4.78 is 5.65. The molecule has 0 aliphatic carbocycles. The van der Waals surface area contributed by atoms with Gasteiger partial charge in [-0.25, -0.2) is 0 Å². The van der Waals surface area contributed by atoms with Gasteiger partial charge >= 0.3 is 0 Å². The summed E-state index contributed by atoms with van der Waals surface area (Å²) >= 11 is 0. The monoisotopic (exact) mass is 278 g/mol. The summed E-state index contributed by atoms with van der Waals surface area (Å²) in [7, 11) is 3.46. The van der Waals surface area contributed by atoms with Crippen molar-refractivity contribution in [3.8, 4) is 5.75 Å². The Morgan fingerprint density at radius 3 is 2.30 bits per heavy atom. The first-order chi connectivity index (χ1) is 9.49. The zero-order chi connectivity index (χ0) is 15.1. The normalized spacial score (nSPS) is 13.7. The predicted molar refractivity (Wildman–Crippen MR) is 81.9 cm³/mol. The minimum atomic E-state index is -0.466. The predicted octanol–water partition coefficient (Wildman–Crippen LogP) is 2.60. The lowest BCUT2D eigenvalue weighted by Gasteiger charge is -2.19. The number of hydrogen-bond acceptors (Lipinski definition) is 3. The zero-order valence-electron chi connectivity index (χ0n) is 13.1. The molecule has 4 nitrogen and oxygen atoms in total. The van der Waals surface area contributed by atoms with Crippen LogP contribution in [0.3, 0.4) is 0 Å². The Hall–Kier alpha value is -1.55. The van der Waals surface area contributed by atoms with Crippen LogP contribution in [0.25, 0.3) is 0 Å². The molecule has 0 radical (unpaired) electrons. The number of likely N-dealkylation sites (N-methyl/N-ethyl adjacent to an activating group) is 1. The van der Waals surface area contributed by atoms with E-state index < -0.39 is 6.10 Å². The van der Waals surface area contributed by atoms with Crippen molar-refractivity contribution in [2.24, 2.45) is 0 Å².